The maximum absolute atomic E-state index is 7.91. The van der Waals surface area contributed by atoms with Crippen molar-refractivity contribution in [1.29, 1.82) is 0 Å². The van der Waals surface area contributed by atoms with Gasteiger partial charge in [-0.25, -0.2) is 0 Å². The molecule has 0 saturated heterocycles. The standard InChI is InChI=1S/3C12H16N2/c2*1-9-3-4-12-11(7-9)10(8-14-12)5-6-13-2;1-14(2)8-7-10-9-13-12-6-4-3-5-11(10)12/h2*3-4,7-8,13-14H,5-6H2,1-2H3;3-6,9,13H,7-8H2,1-2H3/i2*6D2;8D2. The lowest BCUT2D eigenvalue weighted by atomic mass is 10.1. The quantitative estimate of drug-likeness (QED) is 0.134. The number of aromatic amines is 3. The second-order valence-corrected chi connectivity index (χ2v) is 10.5. The van der Waals surface area contributed by atoms with Crippen molar-refractivity contribution in [3.8, 4) is 0 Å². The van der Waals surface area contributed by atoms with E-state index in [9.17, 15) is 0 Å². The van der Waals surface area contributed by atoms with Gasteiger partial charge < -0.3 is 30.5 Å². The zero-order chi connectivity index (χ0) is 35.3. The van der Waals surface area contributed by atoms with Crippen LogP contribution in [-0.2, 0) is 19.3 Å². The molecule has 42 heavy (non-hydrogen) atoms. The van der Waals surface area contributed by atoms with Gasteiger partial charge in [-0.15, -0.1) is 0 Å². The first-order chi connectivity index (χ1) is 22.5. The Morgan fingerprint density at radius 1 is 0.619 bits per heavy atom. The fraction of sp³-hybridized carbons (Fsp3) is 0.333. The molecule has 0 amide bonds. The maximum atomic E-state index is 7.91. The average Bonchev–Trinajstić information content (AvgIpc) is 3.74. The summed E-state index contributed by atoms with van der Waals surface area (Å²) in [6.07, 6.45) is 6.80. The molecule has 0 fully saturated rings. The van der Waals surface area contributed by atoms with Crippen molar-refractivity contribution in [2.24, 2.45) is 0 Å². The number of hydrogen-bond acceptors (Lipinski definition) is 3. The molecule has 6 heteroatoms. The number of nitrogens with zero attached hydrogens (tertiary/aromatic N) is 1. The monoisotopic (exact) mass is 570 g/mol. The van der Waals surface area contributed by atoms with Gasteiger partial charge in [0.15, 0.2) is 0 Å². The van der Waals surface area contributed by atoms with Crippen LogP contribution in [0.1, 0.15) is 36.0 Å². The second-order valence-electron chi connectivity index (χ2n) is 10.5. The number of likely N-dealkylation sites (N-methyl/N-ethyl adjacent to an activating group) is 3. The third-order valence-electron chi connectivity index (χ3n) is 7.02. The van der Waals surface area contributed by atoms with Crippen LogP contribution in [0.2, 0.25) is 0 Å². The number of hydrogen-bond donors (Lipinski definition) is 5. The molecule has 6 rings (SSSR count). The minimum absolute atomic E-state index is 0.368. The Hall–Kier alpha value is -3.84. The Bertz CT molecular complexity index is 1840. The molecule has 3 aromatic carbocycles. The predicted molar refractivity (Wildman–Crippen MR) is 182 cm³/mol. The normalized spacial score (nSPS) is 14.3. The first-order valence-corrected chi connectivity index (χ1v) is 14.3. The van der Waals surface area contributed by atoms with Gasteiger partial charge in [-0.1, -0.05) is 41.5 Å². The summed E-state index contributed by atoms with van der Waals surface area (Å²) in [6, 6.07) is 20.3. The van der Waals surface area contributed by atoms with Gasteiger partial charge in [-0.2, -0.15) is 0 Å². The number of benzene rings is 3. The highest BCUT2D eigenvalue weighted by atomic mass is 15.0. The third kappa shape index (κ3) is 8.35. The van der Waals surface area contributed by atoms with Gasteiger partial charge >= 0.3 is 0 Å². The van der Waals surface area contributed by atoms with Gasteiger partial charge in [0.25, 0.3) is 0 Å². The number of aryl methyl sites for hydroxylation is 5. The predicted octanol–water partition coefficient (Wildman–Crippen LogP) is 6.75. The minimum atomic E-state index is -1.36. The highest BCUT2D eigenvalue weighted by molar-refractivity contribution is 5.85. The van der Waals surface area contributed by atoms with Crippen molar-refractivity contribution in [3.63, 3.8) is 0 Å². The number of rotatable bonds is 9. The largest absolute Gasteiger partial charge is 0.361 e. The first kappa shape index (κ1) is 23.7. The second kappa shape index (κ2) is 15.4. The molecule has 0 radical (unpaired) electrons. The number of para-hydroxylation sites is 1. The average molecular weight is 571 g/mol. The van der Waals surface area contributed by atoms with Crippen LogP contribution in [-0.4, -0.2) is 67.5 Å². The summed E-state index contributed by atoms with van der Waals surface area (Å²) in [5.41, 5.74) is 8.62. The van der Waals surface area contributed by atoms with E-state index in [-0.39, 0.29) is 0 Å². The molecule has 0 aliphatic carbocycles. The highest BCUT2D eigenvalue weighted by Gasteiger charge is 2.04. The zero-order valence-electron chi connectivity index (χ0n) is 31.6. The van der Waals surface area contributed by atoms with E-state index in [4.69, 9.17) is 8.22 Å². The van der Waals surface area contributed by atoms with Crippen LogP contribution in [0.5, 0.6) is 0 Å². The molecule has 6 nitrogen and oxygen atoms in total. The van der Waals surface area contributed by atoms with E-state index in [1.807, 2.05) is 68.8 Å². The Morgan fingerprint density at radius 2 is 1.07 bits per heavy atom. The van der Waals surface area contributed by atoms with Gasteiger partial charge in [-0.3, -0.25) is 0 Å². The van der Waals surface area contributed by atoms with E-state index in [1.54, 1.807) is 33.1 Å². The first-order valence-electron chi connectivity index (χ1n) is 17.3. The van der Waals surface area contributed by atoms with Crippen molar-refractivity contribution in [2.75, 3.05) is 47.7 Å². The van der Waals surface area contributed by atoms with Gasteiger partial charge in [0.1, 0.15) is 0 Å². The summed E-state index contributed by atoms with van der Waals surface area (Å²) in [6.45, 7) is 0.0502. The highest BCUT2D eigenvalue weighted by Crippen LogP contribution is 2.21. The summed E-state index contributed by atoms with van der Waals surface area (Å²) in [4.78, 5) is 11.1. The van der Waals surface area contributed by atoms with Crippen LogP contribution in [0, 0.1) is 13.8 Å². The molecule has 3 heterocycles. The summed E-state index contributed by atoms with van der Waals surface area (Å²) in [7, 11) is 6.80. The lowest BCUT2D eigenvalue weighted by molar-refractivity contribution is 0.414. The van der Waals surface area contributed by atoms with Crippen molar-refractivity contribution >= 4 is 32.7 Å². The summed E-state index contributed by atoms with van der Waals surface area (Å²) < 4.78 is 46.7. The van der Waals surface area contributed by atoms with E-state index in [1.165, 1.54) is 11.1 Å². The molecule has 0 saturated carbocycles. The fourth-order valence-corrected chi connectivity index (χ4v) is 4.77. The van der Waals surface area contributed by atoms with Gasteiger partial charge in [0, 0.05) is 66.0 Å². The van der Waals surface area contributed by atoms with Crippen molar-refractivity contribution < 1.29 is 8.22 Å². The number of aromatic nitrogens is 3. The van der Waals surface area contributed by atoms with Crippen LogP contribution in [0.4, 0.5) is 0 Å². The molecule has 0 spiro atoms. The number of H-pyrrole nitrogens is 3. The minimum Gasteiger partial charge on any atom is -0.361 e. The molecule has 6 aromatic rings. The molecular formula is C36H48N6. The van der Waals surface area contributed by atoms with Crippen molar-refractivity contribution in [1.82, 2.24) is 30.5 Å². The van der Waals surface area contributed by atoms with Crippen LogP contribution >= 0.6 is 0 Å². The Kier molecular flexibility index (Phi) is 8.69. The molecule has 0 aliphatic rings. The number of fused-ring (bicyclic) bond motifs is 3. The van der Waals surface area contributed by atoms with Crippen molar-refractivity contribution in [2.45, 2.75) is 33.1 Å². The molecule has 0 bridgehead atoms. The van der Waals surface area contributed by atoms with E-state index in [2.05, 4.69) is 49.9 Å². The Balaban J connectivity index is 0.000000163. The topological polar surface area (TPSA) is 74.7 Å². The van der Waals surface area contributed by atoms with E-state index in [0.29, 0.717) is 19.3 Å². The zero-order valence-corrected chi connectivity index (χ0v) is 25.6. The molecular weight excluding hydrogens is 516 g/mol. The van der Waals surface area contributed by atoms with E-state index < -0.39 is 19.5 Å². The molecule has 3 aromatic heterocycles. The lowest BCUT2D eigenvalue weighted by Crippen LogP contribution is -2.14. The Morgan fingerprint density at radius 3 is 1.55 bits per heavy atom. The molecule has 0 aliphatic heterocycles. The van der Waals surface area contributed by atoms with E-state index in [0.717, 1.165) is 49.4 Å². The lowest BCUT2D eigenvalue weighted by Gasteiger charge is -2.07. The van der Waals surface area contributed by atoms with Crippen molar-refractivity contribution in [3.05, 3.63) is 107 Å². The van der Waals surface area contributed by atoms with Crippen LogP contribution in [0.15, 0.2) is 79.3 Å². The fourth-order valence-electron chi connectivity index (χ4n) is 4.77. The van der Waals surface area contributed by atoms with Crippen LogP contribution in [0.25, 0.3) is 32.7 Å². The van der Waals surface area contributed by atoms with Crippen LogP contribution in [0.3, 0.4) is 0 Å². The summed E-state index contributed by atoms with van der Waals surface area (Å²) in [5.74, 6) is 0. The molecule has 0 unspecified atom stereocenters. The SMILES string of the molecule is [2H]C([2H])(Cc1c[nH]c2ccc(C)cc12)NC.[2H]C([2H])(Cc1c[nH]c2ccc(C)cc12)NC.[2H]C([2H])(Cc1c[nH]c2ccccc12)N(C)C. The Labute approximate surface area is 259 Å². The van der Waals surface area contributed by atoms with Gasteiger partial charge in [0.05, 0.1) is 0 Å². The van der Waals surface area contributed by atoms with E-state index >= 15 is 0 Å². The summed E-state index contributed by atoms with van der Waals surface area (Å²) >= 11 is 0. The third-order valence-corrected chi connectivity index (χ3v) is 7.02. The molecule has 0 atom stereocenters. The number of nitrogens with one attached hydrogen (secondary N) is 5. The van der Waals surface area contributed by atoms with Gasteiger partial charge in [-0.05, 0) is 121 Å². The van der Waals surface area contributed by atoms with Crippen LogP contribution < -0.4 is 10.6 Å². The molecule has 222 valence electrons. The smallest absolute Gasteiger partial charge is 0.0456 e. The maximum Gasteiger partial charge on any atom is 0.0456 e. The summed E-state index contributed by atoms with van der Waals surface area (Å²) in [5, 5.41) is 8.68. The molecule has 5 N–H and O–H groups in total. The van der Waals surface area contributed by atoms with Gasteiger partial charge in [0.2, 0.25) is 0 Å².